The molecule has 3 rings (SSSR count). The van der Waals surface area contributed by atoms with Gasteiger partial charge in [-0.3, -0.25) is 9.69 Å². The third-order valence-electron chi connectivity index (χ3n) is 4.58. The van der Waals surface area contributed by atoms with Gasteiger partial charge < -0.3 is 10.4 Å². The summed E-state index contributed by atoms with van der Waals surface area (Å²) in [7, 11) is 0. The van der Waals surface area contributed by atoms with Gasteiger partial charge in [-0.15, -0.1) is 0 Å². The smallest absolute Gasteiger partial charge is 0.247 e. The molecule has 0 saturated carbocycles. The zero-order chi connectivity index (χ0) is 17.8. The molecule has 2 N–H and O–H groups in total. The molecule has 1 atom stereocenters. The summed E-state index contributed by atoms with van der Waals surface area (Å²) in [6.07, 6.45) is 1.12. The fourth-order valence-corrected chi connectivity index (χ4v) is 3.41. The molecule has 1 aromatic heterocycles. The summed E-state index contributed by atoms with van der Waals surface area (Å²) in [5.41, 5.74) is 2.91. The summed E-state index contributed by atoms with van der Waals surface area (Å²) in [6.45, 7) is 5.32. The van der Waals surface area contributed by atoms with E-state index in [0.717, 1.165) is 16.8 Å². The Labute approximate surface area is 148 Å². The number of nitrogens with one attached hydrogen (secondary N) is 1. The number of nitrogens with zero attached hydrogens (tertiary/aromatic N) is 2. The van der Waals surface area contributed by atoms with Gasteiger partial charge in [-0.2, -0.15) is 0 Å². The average Bonchev–Trinajstić information content (AvgIpc) is 2.57. The maximum atomic E-state index is 13.1. The van der Waals surface area contributed by atoms with Gasteiger partial charge in [0, 0.05) is 18.8 Å². The van der Waals surface area contributed by atoms with Crippen LogP contribution in [0.4, 0.5) is 5.82 Å². The van der Waals surface area contributed by atoms with Crippen molar-refractivity contribution in [3.8, 4) is 0 Å². The van der Waals surface area contributed by atoms with Crippen LogP contribution in [0.1, 0.15) is 35.7 Å². The molecule has 1 amide bonds. The summed E-state index contributed by atoms with van der Waals surface area (Å²) in [5, 5.41) is 12.8. The second kappa shape index (κ2) is 7.76. The molecule has 2 heterocycles. The van der Waals surface area contributed by atoms with Gasteiger partial charge >= 0.3 is 0 Å². The van der Waals surface area contributed by atoms with Gasteiger partial charge in [0.15, 0.2) is 0 Å². The number of amides is 1. The molecule has 1 aliphatic heterocycles. The van der Waals surface area contributed by atoms with Crippen molar-refractivity contribution in [1.29, 1.82) is 0 Å². The zero-order valence-corrected chi connectivity index (χ0v) is 14.8. The van der Waals surface area contributed by atoms with E-state index < -0.39 is 0 Å². The average molecular weight is 339 g/mol. The summed E-state index contributed by atoms with van der Waals surface area (Å²) in [5.74, 6) is 0.501. The molecule has 25 heavy (non-hydrogen) atoms. The van der Waals surface area contributed by atoms with Gasteiger partial charge in [0.25, 0.3) is 0 Å². The van der Waals surface area contributed by atoms with E-state index in [1.807, 2.05) is 56.3 Å². The molecule has 2 aromatic rings. The van der Waals surface area contributed by atoms with Crippen molar-refractivity contribution in [1.82, 2.24) is 9.88 Å². The highest BCUT2D eigenvalue weighted by Gasteiger charge is 2.30. The van der Waals surface area contributed by atoms with E-state index in [0.29, 0.717) is 31.7 Å². The first-order valence-electron chi connectivity index (χ1n) is 8.76. The van der Waals surface area contributed by atoms with E-state index in [9.17, 15) is 9.90 Å². The largest absolute Gasteiger partial charge is 0.393 e. The molecular formula is C20H25N3O2. The van der Waals surface area contributed by atoms with Crippen molar-refractivity contribution in [2.45, 2.75) is 38.8 Å². The Hall–Kier alpha value is -2.24. The van der Waals surface area contributed by atoms with Gasteiger partial charge in [0.05, 0.1) is 6.10 Å². The predicted octanol–water partition coefficient (Wildman–Crippen LogP) is 2.83. The number of aliphatic hydroxyl groups excluding tert-OH is 1. The van der Waals surface area contributed by atoms with Crippen LogP contribution >= 0.6 is 0 Å². The molecule has 1 saturated heterocycles. The van der Waals surface area contributed by atoms with Crippen LogP contribution in [0.15, 0.2) is 42.5 Å². The monoisotopic (exact) mass is 339 g/mol. The molecule has 5 heteroatoms. The van der Waals surface area contributed by atoms with Gasteiger partial charge in [0.2, 0.25) is 5.91 Å². The standard InChI is InChI=1S/C20H25N3O2/c1-14-12-15(2)21-18(13-14)22-20(25)19(16-6-4-3-5-7-16)23-10-8-17(24)9-11-23/h3-7,12-13,17,19,24H,8-11H2,1-2H3,(H,21,22,25)/t19-/m1/s1. The van der Waals surface area contributed by atoms with Crippen molar-refractivity contribution in [2.75, 3.05) is 18.4 Å². The van der Waals surface area contributed by atoms with E-state index in [-0.39, 0.29) is 18.1 Å². The number of piperidine rings is 1. The quantitative estimate of drug-likeness (QED) is 0.899. The number of hydrogen-bond acceptors (Lipinski definition) is 4. The molecule has 5 nitrogen and oxygen atoms in total. The maximum absolute atomic E-state index is 13.1. The number of likely N-dealkylation sites (tertiary alicyclic amines) is 1. The third kappa shape index (κ3) is 4.44. The molecule has 0 spiro atoms. The Morgan fingerprint density at radius 2 is 1.88 bits per heavy atom. The summed E-state index contributed by atoms with van der Waals surface area (Å²) in [4.78, 5) is 19.6. The van der Waals surface area contributed by atoms with Crippen LogP contribution in [0.5, 0.6) is 0 Å². The number of aryl methyl sites for hydroxylation is 2. The molecule has 0 unspecified atom stereocenters. The SMILES string of the molecule is Cc1cc(C)nc(NC(=O)[C@@H](c2ccccc2)N2CCC(O)CC2)c1. The molecule has 1 aromatic carbocycles. The summed E-state index contributed by atoms with van der Waals surface area (Å²) in [6, 6.07) is 13.3. The van der Waals surface area contributed by atoms with Crippen molar-refractivity contribution in [2.24, 2.45) is 0 Å². The van der Waals surface area contributed by atoms with Gasteiger partial charge in [-0.05, 0) is 49.9 Å². The molecular weight excluding hydrogens is 314 g/mol. The van der Waals surface area contributed by atoms with Gasteiger partial charge in [-0.1, -0.05) is 30.3 Å². The Morgan fingerprint density at radius 1 is 1.20 bits per heavy atom. The van der Waals surface area contributed by atoms with Crippen LogP contribution in [0.2, 0.25) is 0 Å². The van der Waals surface area contributed by atoms with E-state index in [2.05, 4.69) is 15.2 Å². The van der Waals surface area contributed by atoms with Crippen LogP contribution in [0, 0.1) is 13.8 Å². The van der Waals surface area contributed by atoms with Gasteiger partial charge in [-0.25, -0.2) is 4.98 Å². The zero-order valence-electron chi connectivity index (χ0n) is 14.8. The summed E-state index contributed by atoms with van der Waals surface area (Å²) >= 11 is 0. The molecule has 0 aliphatic carbocycles. The van der Waals surface area contributed by atoms with Gasteiger partial charge in [0.1, 0.15) is 11.9 Å². The van der Waals surface area contributed by atoms with Crippen LogP contribution in [-0.4, -0.2) is 40.1 Å². The number of rotatable bonds is 4. The Kier molecular flexibility index (Phi) is 5.46. The minimum Gasteiger partial charge on any atom is -0.393 e. The number of aromatic nitrogens is 1. The highest BCUT2D eigenvalue weighted by molar-refractivity contribution is 5.94. The number of hydrogen-bond donors (Lipinski definition) is 2. The number of benzene rings is 1. The highest BCUT2D eigenvalue weighted by atomic mass is 16.3. The molecule has 0 bridgehead atoms. The minimum atomic E-state index is -0.378. The van der Waals surface area contributed by atoms with Crippen LogP contribution < -0.4 is 5.32 Å². The third-order valence-corrected chi connectivity index (χ3v) is 4.58. The number of carbonyl (C=O) groups excluding carboxylic acids is 1. The van der Waals surface area contributed by atoms with E-state index in [1.165, 1.54) is 0 Å². The lowest BCUT2D eigenvalue weighted by atomic mass is 10.00. The summed E-state index contributed by atoms with van der Waals surface area (Å²) < 4.78 is 0. The molecule has 0 radical (unpaired) electrons. The number of anilines is 1. The lowest BCUT2D eigenvalue weighted by molar-refractivity contribution is -0.122. The van der Waals surface area contributed by atoms with E-state index in [1.54, 1.807) is 0 Å². The fraction of sp³-hybridized carbons (Fsp3) is 0.400. The molecule has 132 valence electrons. The lowest BCUT2D eigenvalue weighted by Crippen LogP contribution is -2.43. The second-order valence-electron chi connectivity index (χ2n) is 6.74. The minimum absolute atomic E-state index is 0.0833. The first kappa shape index (κ1) is 17.6. The number of pyridine rings is 1. The normalized spacial score (nSPS) is 17.2. The Bertz CT molecular complexity index is 705. The van der Waals surface area contributed by atoms with Crippen LogP contribution in [0.25, 0.3) is 0 Å². The van der Waals surface area contributed by atoms with E-state index in [4.69, 9.17) is 0 Å². The first-order chi connectivity index (χ1) is 12.0. The number of aliphatic hydroxyl groups is 1. The number of carbonyl (C=O) groups is 1. The Morgan fingerprint density at radius 3 is 2.52 bits per heavy atom. The Balaban J connectivity index is 1.84. The van der Waals surface area contributed by atoms with E-state index >= 15 is 0 Å². The van der Waals surface area contributed by atoms with Crippen molar-refractivity contribution in [3.05, 3.63) is 59.3 Å². The molecule has 1 fully saturated rings. The lowest BCUT2D eigenvalue weighted by Gasteiger charge is -2.35. The topological polar surface area (TPSA) is 65.5 Å². The highest BCUT2D eigenvalue weighted by Crippen LogP contribution is 2.26. The maximum Gasteiger partial charge on any atom is 0.247 e. The van der Waals surface area contributed by atoms with Crippen molar-refractivity contribution < 1.29 is 9.90 Å². The molecule has 1 aliphatic rings. The predicted molar refractivity (Wildman–Crippen MR) is 98.3 cm³/mol. The van der Waals surface area contributed by atoms with Crippen molar-refractivity contribution >= 4 is 11.7 Å². The fourth-order valence-electron chi connectivity index (χ4n) is 3.41. The van der Waals surface area contributed by atoms with Crippen molar-refractivity contribution in [3.63, 3.8) is 0 Å². The van der Waals surface area contributed by atoms with Crippen LogP contribution in [-0.2, 0) is 4.79 Å². The second-order valence-corrected chi connectivity index (χ2v) is 6.74. The first-order valence-corrected chi connectivity index (χ1v) is 8.76. The van der Waals surface area contributed by atoms with Crippen LogP contribution in [0.3, 0.4) is 0 Å².